The molecule has 0 amide bonds. The molecule has 0 N–H and O–H groups in total. The van der Waals surface area contributed by atoms with E-state index >= 15 is 0 Å². The number of nitriles is 2. The molecule has 3 nitrogen and oxygen atoms in total. The van der Waals surface area contributed by atoms with Crippen molar-refractivity contribution in [2.75, 3.05) is 0 Å². The maximum absolute atomic E-state index is 12.5. The Morgan fingerprint density at radius 3 is 2.17 bits per heavy atom. The Balaban J connectivity index is 1.80. The molecule has 4 bridgehead atoms. The van der Waals surface area contributed by atoms with E-state index < -0.39 is 5.92 Å². The van der Waals surface area contributed by atoms with Crippen molar-refractivity contribution in [3.8, 4) is 12.1 Å². The van der Waals surface area contributed by atoms with Crippen molar-refractivity contribution in [2.45, 2.75) is 38.0 Å². The lowest BCUT2D eigenvalue weighted by molar-refractivity contribution is -0.150. The summed E-state index contributed by atoms with van der Waals surface area (Å²) in [5.41, 5.74) is 1.05. The van der Waals surface area contributed by atoms with Gasteiger partial charge in [0, 0.05) is 17.8 Å². The number of rotatable bonds is 3. The number of Topliss-reactive ketones (excluding diaryl/α,β-unsaturated/α-hetero) is 1. The molecule has 4 aliphatic carbocycles. The third-order valence-corrected chi connectivity index (χ3v) is 6.47. The number of ketones is 1. The second-order valence-electron chi connectivity index (χ2n) is 7.73. The minimum Gasteiger partial charge on any atom is -0.299 e. The molecule has 3 heteroatoms. The molecule has 5 atom stereocenters. The first-order chi connectivity index (χ1) is 11.2. The molecule has 0 aliphatic heterocycles. The summed E-state index contributed by atoms with van der Waals surface area (Å²) in [6.07, 6.45) is 4.88. The molecule has 0 saturated heterocycles. The van der Waals surface area contributed by atoms with Gasteiger partial charge in [-0.3, -0.25) is 4.79 Å². The monoisotopic (exact) mass is 304 g/mol. The zero-order chi connectivity index (χ0) is 16.0. The fourth-order valence-corrected chi connectivity index (χ4v) is 5.93. The van der Waals surface area contributed by atoms with Crippen molar-refractivity contribution in [3.05, 3.63) is 35.9 Å². The quantitative estimate of drug-likeness (QED) is 0.852. The van der Waals surface area contributed by atoms with E-state index in [0.717, 1.165) is 37.7 Å². The highest BCUT2D eigenvalue weighted by Crippen LogP contribution is 2.64. The summed E-state index contributed by atoms with van der Waals surface area (Å²) in [4.78, 5) is 12.5. The van der Waals surface area contributed by atoms with Gasteiger partial charge in [-0.05, 0) is 49.0 Å². The van der Waals surface area contributed by atoms with E-state index in [2.05, 4.69) is 12.1 Å². The lowest BCUT2D eigenvalue weighted by Gasteiger charge is -2.58. The second kappa shape index (κ2) is 5.20. The highest BCUT2D eigenvalue weighted by molar-refractivity contribution is 5.85. The predicted molar refractivity (Wildman–Crippen MR) is 84.9 cm³/mol. The predicted octanol–water partition coefficient (Wildman–Crippen LogP) is 3.83. The first-order valence-corrected chi connectivity index (χ1v) is 8.55. The van der Waals surface area contributed by atoms with Crippen LogP contribution in [-0.4, -0.2) is 5.78 Å². The fourth-order valence-electron chi connectivity index (χ4n) is 5.93. The fraction of sp³-hybridized carbons (Fsp3) is 0.550. The van der Waals surface area contributed by atoms with Gasteiger partial charge in [-0.15, -0.1) is 0 Å². The standard InChI is InChI=1S/C20H20N2O/c21-11-17(12-22)18(14-4-2-1-3-5-14)20-8-13-6-15(9-20)19(23)16(7-13)10-20/h1-5,13,15-18H,6-10H2/t13?,15-,16+,18?,20?. The van der Waals surface area contributed by atoms with Crippen molar-refractivity contribution < 1.29 is 4.79 Å². The van der Waals surface area contributed by atoms with E-state index in [-0.39, 0.29) is 23.2 Å². The molecule has 0 heterocycles. The van der Waals surface area contributed by atoms with E-state index in [9.17, 15) is 15.3 Å². The van der Waals surface area contributed by atoms with E-state index in [0.29, 0.717) is 11.7 Å². The van der Waals surface area contributed by atoms with Crippen molar-refractivity contribution in [2.24, 2.45) is 29.1 Å². The normalized spacial score (nSPS) is 35.8. The number of carbonyl (C=O) groups excluding carboxylic acids is 1. The third kappa shape index (κ3) is 2.11. The van der Waals surface area contributed by atoms with Crippen molar-refractivity contribution in [3.63, 3.8) is 0 Å². The third-order valence-electron chi connectivity index (χ3n) is 6.47. The van der Waals surface area contributed by atoms with Crippen LogP contribution in [0.25, 0.3) is 0 Å². The van der Waals surface area contributed by atoms with Gasteiger partial charge in [0.2, 0.25) is 0 Å². The molecule has 3 unspecified atom stereocenters. The average Bonchev–Trinajstić information content (AvgIpc) is 2.57. The molecule has 0 radical (unpaired) electrons. The molecule has 1 aromatic carbocycles. The minimum absolute atomic E-state index is 0.0398. The van der Waals surface area contributed by atoms with Crippen LogP contribution in [0.3, 0.4) is 0 Å². The molecule has 1 aromatic rings. The van der Waals surface area contributed by atoms with Gasteiger partial charge in [0.05, 0.1) is 12.1 Å². The Hall–Kier alpha value is -2.13. The van der Waals surface area contributed by atoms with Gasteiger partial charge in [0.25, 0.3) is 0 Å². The van der Waals surface area contributed by atoms with E-state index in [1.165, 1.54) is 0 Å². The molecule has 4 aliphatic rings. The van der Waals surface area contributed by atoms with Crippen LogP contribution < -0.4 is 0 Å². The maximum Gasteiger partial charge on any atom is 0.140 e. The van der Waals surface area contributed by atoms with Gasteiger partial charge in [-0.1, -0.05) is 30.3 Å². The van der Waals surface area contributed by atoms with Crippen LogP contribution in [0.2, 0.25) is 0 Å². The van der Waals surface area contributed by atoms with Gasteiger partial charge in [-0.2, -0.15) is 10.5 Å². The Labute approximate surface area is 136 Å². The molecule has 0 aromatic heterocycles. The van der Waals surface area contributed by atoms with Gasteiger partial charge >= 0.3 is 0 Å². The van der Waals surface area contributed by atoms with Crippen molar-refractivity contribution in [1.82, 2.24) is 0 Å². The van der Waals surface area contributed by atoms with E-state index in [1.807, 2.05) is 30.3 Å². The molecule has 0 spiro atoms. The number of nitrogens with zero attached hydrogens (tertiary/aromatic N) is 2. The number of benzene rings is 1. The summed E-state index contributed by atoms with van der Waals surface area (Å²) in [6.45, 7) is 0. The van der Waals surface area contributed by atoms with Crippen LogP contribution in [0.4, 0.5) is 0 Å². The summed E-state index contributed by atoms with van der Waals surface area (Å²) in [7, 11) is 0. The number of hydrogen-bond acceptors (Lipinski definition) is 3. The SMILES string of the molecule is N#CC(C#N)C(c1ccccc1)C12CC3C[C@H](C1)C(=O)[C@@H](C3)C2. The smallest absolute Gasteiger partial charge is 0.140 e. The van der Waals surface area contributed by atoms with E-state index in [1.54, 1.807) is 0 Å². The summed E-state index contributed by atoms with van der Waals surface area (Å²) in [6, 6.07) is 14.5. The minimum atomic E-state index is -0.635. The van der Waals surface area contributed by atoms with Crippen LogP contribution in [0.15, 0.2) is 30.3 Å². The second-order valence-corrected chi connectivity index (χ2v) is 7.73. The van der Waals surface area contributed by atoms with Crippen LogP contribution >= 0.6 is 0 Å². The maximum atomic E-state index is 12.5. The van der Waals surface area contributed by atoms with Crippen molar-refractivity contribution in [1.29, 1.82) is 10.5 Å². The molecule has 4 saturated carbocycles. The topological polar surface area (TPSA) is 64.7 Å². The van der Waals surface area contributed by atoms with E-state index in [4.69, 9.17) is 0 Å². The lowest BCUT2D eigenvalue weighted by Crippen LogP contribution is -2.54. The first-order valence-electron chi connectivity index (χ1n) is 8.55. The van der Waals surface area contributed by atoms with Gasteiger partial charge in [-0.25, -0.2) is 0 Å². The lowest BCUT2D eigenvalue weighted by atomic mass is 9.44. The van der Waals surface area contributed by atoms with Crippen molar-refractivity contribution >= 4 is 5.78 Å². The molecule has 4 fully saturated rings. The Kier molecular flexibility index (Phi) is 3.27. The highest BCUT2D eigenvalue weighted by atomic mass is 16.1. The summed E-state index contributed by atoms with van der Waals surface area (Å²) in [5, 5.41) is 19.1. The van der Waals surface area contributed by atoms with Crippen LogP contribution in [0.1, 0.15) is 43.6 Å². The zero-order valence-electron chi connectivity index (χ0n) is 13.1. The van der Waals surface area contributed by atoms with Crippen LogP contribution in [-0.2, 0) is 4.79 Å². The molecular weight excluding hydrogens is 284 g/mol. The van der Waals surface area contributed by atoms with Gasteiger partial charge in [0.1, 0.15) is 11.7 Å². The highest BCUT2D eigenvalue weighted by Gasteiger charge is 2.59. The number of carbonyl (C=O) groups is 1. The zero-order valence-corrected chi connectivity index (χ0v) is 13.1. The van der Waals surface area contributed by atoms with Crippen LogP contribution in [0, 0.1) is 51.7 Å². The average molecular weight is 304 g/mol. The largest absolute Gasteiger partial charge is 0.299 e. The summed E-state index contributed by atoms with van der Waals surface area (Å²) in [5.74, 6) is 0.697. The molecular formula is C20H20N2O. The Morgan fingerprint density at radius 2 is 1.61 bits per heavy atom. The molecule has 23 heavy (non-hydrogen) atoms. The molecule has 116 valence electrons. The van der Waals surface area contributed by atoms with Crippen LogP contribution in [0.5, 0.6) is 0 Å². The Morgan fingerprint density at radius 1 is 1.00 bits per heavy atom. The van der Waals surface area contributed by atoms with Gasteiger partial charge in [0.15, 0.2) is 0 Å². The molecule has 5 rings (SSSR count). The van der Waals surface area contributed by atoms with Gasteiger partial charge < -0.3 is 0 Å². The Bertz CT molecular complexity index is 679. The summed E-state index contributed by atoms with van der Waals surface area (Å²) < 4.78 is 0. The first kappa shape index (κ1) is 14.5. The summed E-state index contributed by atoms with van der Waals surface area (Å²) >= 11 is 0. The number of hydrogen-bond donors (Lipinski definition) is 0.